The van der Waals surface area contributed by atoms with Crippen LogP contribution in [0, 0.1) is 6.92 Å². The molecule has 0 atom stereocenters. The van der Waals surface area contributed by atoms with Crippen LogP contribution in [0.4, 0.5) is 0 Å². The zero-order chi connectivity index (χ0) is 15.7. The second-order valence-corrected chi connectivity index (χ2v) is 5.17. The third-order valence-corrected chi connectivity index (χ3v) is 3.32. The Morgan fingerprint density at radius 2 is 1.48 bits per heavy atom. The molecule has 5 nitrogen and oxygen atoms in total. The van der Waals surface area contributed by atoms with Gasteiger partial charge in [0.25, 0.3) is 0 Å². The van der Waals surface area contributed by atoms with E-state index in [1.54, 1.807) is 0 Å². The van der Waals surface area contributed by atoms with Gasteiger partial charge in [0, 0.05) is 25.0 Å². The molecule has 0 heterocycles. The first-order valence-corrected chi connectivity index (χ1v) is 7.15. The van der Waals surface area contributed by atoms with E-state index in [4.69, 9.17) is 0 Å². The Morgan fingerprint density at radius 3 is 2.00 bits per heavy atom. The number of carbonyl (C=O) groups excluding carboxylic acids is 2. The van der Waals surface area contributed by atoms with E-state index in [9.17, 15) is 19.8 Å². The van der Waals surface area contributed by atoms with E-state index in [1.807, 2.05) is 36.1 Å². The van der Waals surface area contributed by atoms with Crippen molar-refractivity contribution >= 4 is 11.9 Å². The second kappa shape index (κ2) is 13.7. The van der Waals surface area contributed by atoms with Gasteiger partial charge < -0.3 is 24.7 Å². The first-order chi connectivity index (χ1) is 9.97. The van der Waals surface area contributed by atoms with Crippen LogP contribution < -0.4 is 47.9 Å². The Morgan fingerprint density at radius 1 is 0.913 bits per heavy atom. The standard InChI is InChI=1S/C16H23NO4.2Li/c1-13-4-6-14(7-5-13)8-11-17(12-9-16(20)21)10-2-3-15(18)19;;/h4-7H,2-3,8-12H2,1H3,(H,18,19)(H,20,21);;/q;2*+1/p-2. The number of aliphatic carboxylic acids is 2. The van der Waals surface area contributed by atoms with Gasteiger partial charge in [0.2, 0.25) is 0 Å². The van der Waals surface area contributed by atoms with E-state index in [0.717, 1.165) is 6.42 Å². The predicted molar refractivity (Wildman–Crippen MR) is 75.2 cm³/mol. The van der Waals surface area contributed by atoms with E-state index in [1.165, 1.54) is 11.1 Å². The minimum Gasteiger partial charge on any atom is -0.550 e. The summed E-state index contributed by atoms with van der Waals surface area (Å²) in [5.41, 5.74) is 2.38. The fourth-order valence-corrected chi connectivity index (χ4v) is 2.07. The number of aryl methyl sites for hydroxylation is 1. The Labute approximate surface area is 161 Å². The van der Waals surface area contributed by atoms with Gasteiger partial charge in [-0.3, -0.25) is 0 Å². The number of rotatable bonds is 10. The molecular weight excluding hydrogens is 284 g/mol. The van der Waals surface area contributed by atoms with Crippen LogP contribution in [0.2, 0.25) is 0 Å². The Bertz CT molecular complexity index is 466. The van der Waals surface area contributed by atoms with Crippen molar-refractivity contribution in [3.8, 4) is 0 Å². The van der Waals surface area contributed by atoms with E-state index in [-0.39, 0.29) is 50.6 Å². The third-order valence-electron chi connectivity index (χ3n) is 3.32. The van der Waals surface area contributed by atoms with Crippen molar-refractivity contribution in [2.24, 2.45) is 0 Å². The van der Waals surface area contributed by atoms with E-state index in [0.29, 0.717) is 26.1 Å². The molecule has 116 valence electrons. The van der Waals surface area contributed by atoms with Crippen molar-refractivity contribution in [2.75, 3.05) is 19.6 Å². The molecule has 0 fully saturated rings. The summed E-state index contributed by atoms with van der Waals surface area (Å²) in [5.74, 6) is -2.16. The van der Waals surface area contributed by atoms with E-state index < -0.39 is 11.9 Å². The molecule has 1 aromatic rings. The van der Waals surface area contributed by atoms with Crippen molar-refractivity contribution in [3.63, 3.8) is 0 Å². The van der Waals surface area contributed by atoms with Gasteiger partial charge in [0.1, 0.15) is 0 Å². The van der Waals surface area contributed by atoms with Gasteiger partial charge in [0.15, 0.2) is 0 Å². The number of carbonyl (C=O) groups is 2. The summed E-state index contributed by atoms with van der Waals surface area (Å²) >= 11 is 0. The SMILES string of the molecule is Cc1ccc(CCN(CCCC(=O)[O-])CCC(=O)[O-])cc1.[Li+].[Li+]. The molecule has 0 spiro atoms. The zero-order valence-electron chi connectivity index (χ0n) is 14.3. The maximum Gasteiger partial charge on any atom is 1.00 e. The summed E-state index contributed by atoms with van der Waals surface area (Å²) in [6.07, 6.45) is 1.22. The van der Waals surface area contributed by atoms with Crippen molar-refractivity contribution in [1.82, 2.24) is 4.90 Å². The number of hydrogen-bond donors (Lipinski definition) is 0. The summed E-state index contributed by atoms with van der Waals surface area (Å²) in [6, 6.07) is 8.18. The number of carboxylic acid groups (broad SMARTS) is 2. The molecule has 0 radical (unpaired) electrons. The van der Waals surface area contributed by atoms with Crippen molar-refractivity contribution in [3.05, 3.63) is 35.4 Å². The number of hydrogen-bond acceptors (Lipinski definition) is 5. The minimum atomic E-state index is -1.09. The van der Waals surface area contributed by atoms with Crippen molar-refractivity contribution in [2.45, 2.75) is 32.6 Å². The molecule has 0 aliphatic rings. The Hall–Kier alpha value is -0.685. The van der Waals surface area contributed by atoms with Gasteiger partial charge in [-0.15, -0.1) is 0 Å². The van der Waals surface area contributed by atoms with Crippen LogP contribution in [-0.2, 0) is 16.0 Å². The summed E-state index contributed by atoms with van der Waals surface area (Å²) in [6.45, 7) is 3.65. The molecular formula is C16H21Li2NO4. The number of benzene rings is 1. The third kappa shape index (κ3) is 12.4. The van der Waals surface area contributed by atoms with Gasteiger partial charge in [-0.05, 0) is 44.7 Å². The fourth-order valence-electron chi connectivity index (χ4n) is 2.07. The van der Waals surface area contributed by atoms with E-state index in [2.05, 4.69) is 0 Å². The van der Waals surface area contributed by atoms with Crippen LogP contribution in [-0.4, -0.2) is 36.5 Å². The molecule has 1 aromatic carbocycles. The fraction of sp³-hybridized carbons (Fsp3) is 0.500. The summed E-state index contributed by atoms with van der Waals surface area (Å²) in [5, 5.41) is 21.0. The Kier molecular flexibility index (Phi) is 14.7. The molecule has 1 rings (SSSR count). The smallest absolute Gasteiger partial charge is 0.550 e. The molecule has 0 unspecified atom stereocenters. The van der Waals surface area contributed by atoms with Gasteiger partial charge in [-0.2, -0.15) is 0 Å². The van der Waals surface area contributed by atoms with Crippen LogP contribution in [0.1, 0.15) is 30.4 Å². The minimum absolute atomic E-state index is 0. The molecule has 0 saturated heterocycles. The maximum atomic E-state index is 10.6. The van der Waals surface area contributed by atoms with Crippen molar-refractivity contribution < 1.29 is 57.5 Å². The molecule has 0 N–H and O–H groups in total. The first-order valence-electron chi connectivity index (χ1n) is 7.15. The van der Waals surface area contributed by atoms with Crippen LogP contribution in [0.3, 0.4) is 0 Å². The van der Waals surface area contributed by atoms with Gasteiger partial charge in [0.05, 0.1) is 0 Å². The molecule has 0 saturated carbocycles. The Balaban J connectivity index is 0. The molecule has 23 heavy (non-hydrogen) atoms. The predicted octanol–water partition coefficient (Wildman–Crippen LogP) is -6.48. The summed E-state index contributed by atoms with van der Waals surface area (Å²) < 4.78 is 0. The van der Waals surface area contributed by atoms with E-state index >= 15 is 0 Å². The molecule has 0 aromatic heterocycles. The van der Waals surface area contributed by atoms with Gasteiger partial charge >= 0.3 is 37.7 Å². The second-order valence-electron chi connectivity index (χ2n) is 5.17. The average molecular weight is 305 g/mol. The zero-order valence-corrected chi connectivity index (χ0v) is 14.3. The molecule has 0 aliphatic carbocycles. The monoisotopic (exact) mass is 305 g/mol. The first kappa shape index (κ1) is 24.6. The van der Waals surface area contributed by atoms with Crippen LogP contribution in [0.5, 0.6) is 0 Å². The number of carboxylic acids is 2. The molecule has 0 amide bonds. The quantitative estimate of drug-likeness (QED) is 0.401. The largest absolute Gasteiger partial charge is 1.00 e. The summed E-state index contributed by atoms with van der Waals surface area (Å²) in [4.78, 5) is 22.9. The van der Waals surface area contributed by atoms with Crippen molar-refractivity contribution in [1.29, 1.82) is 0 Å². The molecule has 7 heteroatoms. The van der Waals surface area contributed by atoms with Gasteiger partial charge in [-0.25, -0.2) is 0 Å². The molecule has 0 bridgehead atoms. The van der Waals surface area contributed by atoms with Crippen LogP contribution in [0.25, 0.3) is 0 Å². The normalized spacial score (nSPS) is 9.83. The number of nitrogens with zero attached hydrogens (tertiary/aromatic N) is 1. The average Bonchev–Trinajstić information content (AvgIpc) is 2.42. The maximum absolute atomic E-state index is 10.6. The summed E-state index contributed by atoms with van der Waals surface area (Å²) in [7, 11) is 0. The molecule has 0 aliphatic heterocycles. The topological polar surface area (TPSA) is 83.5 Å². The van der Waals surface area contributed by atoms with Gasteiger partial charge in [-0.1, -0.05) is 29.8 Å². The van der Waals surface area contributed by atoms with Crippen LogP contribution in [0.15, 0.2) is 24.3 Å². The van der Waals surface area contributed by atoms with Crippen LogP contribution >= 0.6 is 0 Å².